The highest BCUT2D eigenvalue weighted by molar-refractivity contribution is 5.91. The third-order valence-corrected chi connectivity index (χ3v) is 2.64. The fraction of sp³-hybridized carbons (Fsp3) is 0.417. The van der Waals surface area contributed by atoms with Gasteiger partial charge in [0.1, 0.15) is 6.10 Å². The molecule has 0 aliphatic carbocycles. The number of methoxy groups -OCH3 is 1. The quantitative estimate of drug-likeness (QED) is 0.351. The van der Waals surface area contributed by atoms with Crippen LogP contribution in [0.2, 0.25) is 0 Å². The fourth-order valence-electron chi connectivity index (χ4n) is 1.65. The zero-order chi connectivity index (χ0) is 14.3. The number of hydrogen-bond acceptors (Lipinski definition) is 5. The first-order valence-corrected chi connectivity index (χ1v) is 5.66. The summed E-state index contributed by atoms with van der Waals surface area (Å²) in [4.78, 5) is 14.1. The van der Waals surface area contributed by atoms with Crippen molar-refractivity contribution in [3.05, 3.63) is 45.8 Å². The molecule has 19 heavy (non-hydrogen) atoms. The SMILES string of the molecule is COC(=O)c1ccccc1C(O)C(O)CCN=[N+]=[N-]. The molecule has 7 nitrogen and oxygen atoms in total. The lowest BCUT2D eigenvalue weighted by Gasteiger charge is -2.19. The van der Waals surface area contributed by atoms with Crippen molar-refractivity contribution in [2.24, 2.45) is 5.11 Å². The Kier molecular flexibility index (Phi) is 5.81. The van der Waals surface area contributed by atoms with Crippen LogP contribution in [0.3, 0.4) is 0 Å². The Bertz CT molecular complexity index is 486. The fourth-order valence-corrected chi connectivity index (χ4v) is 1.65. The van der Waals surface area contributed by atoms with E-state index < -0.39 is 18.2 Å². The zero-order valence-electron chi connectivity index (χ0n) is 10.4. The van der Waals surface area contributed by atoms with Crippen LogP contribution in [0.4, 0.5) is 0 Å². The van der Waals surface area contributed by atoms with E-state index in [-0.39, 0.29) is 24.1 Å². The maximum atomic E-state index is 11.5. The molecule has 102 valence electrons. The molecule has 2 unspecified atom stereocenters. The monoisotopic (exact) mass is 265 g/mol. The van der Waals surface area contributed by atoms with E-state index in [1.807, 2.05) is 0 Å². The molecule has 0 amide bonds. The molecule has 2 N–H and O–H groups in total. The highest BCUT2D eigenvalue weighted by Gasteiger charge is 2.23. The molecule has 1 rings (SSSR count). The zero-order valence-corrected chi connectivity index (χ0v) is 10.4. The molecule has 0 aliphatic rings. The summed E-state index contributed by atoms with van der Waals surface area (Å²) in [5, 5.41) is 23.1. The van der Waals surface area contributed by atoms with E-state index in [0.717, 1.165) is 0 Å². The van der Waals surface area contributed by atoms with Crippen molar-refractivity contribution in [2.45, 2.75) is 18.6 Å². The molecule has 0 radical (unpaired) electrons. The van der Waals surface area contributed by atoms with Crippen LogP contribution in [0.5, 0.6) is 0 Å². The Morgan fingerprint density at radius 1 is 1.47 bits per heavy atom. The lowest BCUT2D eigenvalue weighted by Crippen LogP contribution is -2.21. The molecule has 1 aromatic carbocycles. The van der Waals surface area contributed by atoms with Gasteiger partial charge in [0.15, 0.2) is 0 Å². The second-order valence-electron chi connectivity index (χ2n) is 3.83. The first-order chi connectivity index (χ1) is 9.11. The predicted octanol–water partition coefficient (Wildman–Crippen LogP) is 1.57. The van der Waals surface area contributed by atoms with Crippen LogP contribution in [0.25, 0.3) is 10.4 Å². The Balaban J connectivity index is 2.89. The van der Waals surface area contributed by atoms with Gasteiger partial charge in [-0.2, -0.15) is 0 Å². The molecule has 0 spiro atoms. The van der Waals surface area contributed by atoms with Crippen molar-refractivity contribution >= 4 is 5.97 Å². The van der Waals surface area contributed by atoms with Crippen LogP contribution in [0.15, 0.2) is 29.4 Å². The van der Waals surface area contributed by atoms with E-state index in [0.29, 0.717) is 0 Å². The molecule has 7 heteroatoms. The van der Waals surface area contributed by atoms with Crippen molar-refractivity contribution in [1.29, 1.82) is 0 Å². The molecule has 0 fully saturated rings. The van der Waals surface area contributed by atoms with Crippen molar-refractivity contribution in [3.8, 4) is 0 Å². The van der Waals surface area contributed by atoms with E-state index in [1.54, 1.807) is 12.1 Å². The van der Waals surface area contributed by atoms with E-state index in [1.165, 1.54) is 19.2 Å². The van der Waals surface area contributed by atoms with Gasteiger partial charge in [-0.25, -0.2) is 4.79 Å². The number of aliphatic hydroxyl groups excluding tert-OH is 2. The number of carbonyl (C=O) groups is 1. The number of ether oxygens (including phenoxy) is 1. The molecular weight excluding hydrogens is 250 g/mol. The summed E-state index contributed by atoms with van der Waals surface area (Å²) in [6.07, 6.45) is -2.28. The molecule has 0 saturated heterocycles. The van der Waals surface area contributed by atoms with Crippen molar-refractivity contribution in [3.63, 3.8) is 0 Å². The Labute approximate surface area is 110 Å². The average Bonchev–Trinajstić information content (AvgIpc) is 2.45. The highest BCUT2D eigenvalue weighted by atomic mass is 16.5. The minimum Gasteiger partial charge on any atom is -0.465 e. The summed E-state index contributed by atoms with van der Waals surface area (Å²) in [7, 11) is 1.24. The van der Waals surface area contributed by atoms with Crippen LogP contribution in [0, 0.1) is 0 Å². The molecule has 2 atom stereocenters. The minimum atomic E-state index is -1.25. The minimum absolute atomic E-state index is 0.0646. The Hall–Kier alpha value is -2.08. The van der Waals surface area contributed by atoms with Crippen LogP contribution >= 0.6 is 0 Å². The second kappa shape index (κ2) is 7.38. The smallest absolute Gasteiger partial charge is 0.338 e. The molecule has 0 aromatic heterocycles. The number of benzene rings is 1. The molecular formula is C12H15N3O4. The van der Waals surface area contributed by atoms with Gasteiger partial charge in [-0.1, -0.05) is 23.3 Å². The summed E-state index contributed by atoms with van der Waals surface area (Å²) >= 11 is 0. The van der Waals surface area contributed by atoms with E-state index in [4.69, 9.17) is 5.53 Å². The predicted molar refractivity (Wildman–Crippen MR) is 67.4 cm³/mol. The number of aliphatic hydroxyl groups is 2. The van der Waals surface area contributed by atoms with Gasteiger partial charge in [0, 0.05) is 11.5 Å². The number of hydrogen-bond donors (Lipinski definition) is 2. The average molecular weight is 265 g/mol. The summed E-state index contributed by atoms with van der Waals surface area (Å²) in [6.45, 7) is 0.0646. The van der Waals surface area contributed by atoms with Gasteiger partial charge in [-0.05, 0) is 23.6 Å². The van der Waals surface area contributed by atoms with Crippen LogP contribution in [0.1, 0.15) is 28.4 Å². The van der Waals surface area contributed by atoms with Gasteiger partial charge in [0.25, 0.3) is 0 Å². The van der Waals surface area contributed by atoms with Crippen molar-refractivity contribution < 1.29 is 19.7 Å². The van der Waals surface area contributed by atoms with Gasteiger partial charge in [-0.15, -0.1) is 0 Å². The number of carbonyl (C=O) groups excluding carboxylic acids is 1. The summed E-state index contributed by atoms with van der Waals surface area (Å²) in [5.74, 6) is -0.586. The van der Waals surface area contributed by atoms with Gasteiger partial charge < -0.3 is 14.9 Å². The number of rotatable bonds is 6. The van der Waals surface area contributed by atoms with Crippen LogP contribution in [-0.4, -0.2) is 35.9 Å². The van der Waals surface area contributed by atoms with E-state index >= 15 is 0 Å². The van der Waals surface area contributed by atoms with Gasteiger partial charge in [0.05, 0.1) is 18.8 Å². The maximum Gasteiger partial charge on any atom is 0.338 e. The molecule has 0 bridgehead atoms. The number of azide groups is 1. The van der Waals surface area contributed by atoms with Gasteiger partial charge >= 0.3 is 5.97 Å². The van der Waals surface area contributed by atoms with Crippen molar-refractivity contribution in [1.82, 2.24) is 0 Å². The Morgan fingerprint density at radius 2 is 2.16 bits per heavy atom. The second-order valence-corrected chi connectivity index (χ2v) is 3.83. The van der Waals surface area contributed by atoms with Gasteiger partial charge in [0.2, 0.25) is 0 Å². The van der Waals surface area contributed by atoms with Gasteiger partial charge in [-0.3, -0.25) is 0 Å². The largest absolute Gasteiger partial charge is 0.465 e. The topological polar surface area (TPSA) is 116 Å². The first-order valence-electron chi connectivity index (χ1n) is 5.66. The molecule has 1 aromatic rings. The normalized spacial score (nSPS) is 13.2. The van der Waals surface area contributed by atoms with E-state index in [2.05, 4.69) is 14.8 Å². The van der Waals surface area contributed by atoms with Crippen LogP contribution in [-0.2, 0) is 4.74 Å². The standard InChI is InChI=1S/C12H15N3O4/c1-19-12(18)9-5-3-2-4-8(9)11(17)10(16)6-7-14-15-13/h2-5,10-11,16-17H,6-7H2,1H3. The number of nitrogens with zero attached hydrogens (tertiary/aromatic N) is 3. The maximum absolute atomic E-state index is 11.5. The third-order valence-electron chi connectivity index (χ3n) is 2.64. The molecule has 0 saturated carbocycles. The summed E-state index contributed by atoms with van der Waals surface area (Å²) < 4.78 is 4.61. The van der Waals surface area contributed by atoms with Crippen LogP contribution < -0.4 is 0 Å². The molecule has 0 heterocycles. The summed E-state index contributed by atoms with van der Waals surface area (Å²) in [6, 6.07) is 6.32. The number of esters is 1. The summed E-state index contributed by atoms with van der Waals surface area (Å²) in [5.41, 5.74) is 8.61. The van der Waals surface area contributed by atoms with E-state index in [9.17, 15) is 15.0 Å². The highest BCUT2D eigenvalue weighted by Crippen LogP contribution is 2.23. The third kappa shape index (κ3) is 3.96. The van der Waals surface area contributed by atoms with Crippen molar-refractivity contribution in [2.75, 3.05) is 13.7 Å². The lowest BCUT2D eigenvalue weighted by molar-refractivity contribution is 0.0138. The lowest BCUT2D eigenvalue weighted by atomic mass is 9.97. The Morgan fingerprint density at radius 3 is 2.79 bits per heavy atom. The first kappa shape index (κ1) is 15.0. The molecule has 0 aliphatic heterocycles.